The number of anilines is 1. The van der Waals surface area contributed by atoms with Crippen LogP contribution in [0.4, 0.5) is 5.13 Å². The zero-order valence-electron chi connectivity index (χ0n) is 16.7. The van der Waals surface area contributed by atoms with Gasteiger partial charge in [0, 0.05) is 16.0 Å². The molecule has 1 fully saturated rings. The molecule has 3 rings (SSSR count). The van der Waals surface area contributed by atoms with Crippen LogP contribution in [0.25, 0.3) is 0 Å². The minimum atomic E-state index is -1.25. The van der Waals surface area contributed by atoms with Crippen LogP contribution in [-0.4, -0.2) is 74.2 Å². The molecule has 170 valence electrons. The first kappa shape index (κ1) is 23.6. The zero-order chi connectivity index (χ0) is 23.4. The van der Waals surface area contributed by atoms with Crippen LogP contribution in [-0.2, 0) is 19.2 Å². The van der Waals surface area contributed by atoms with Crippen molar-refractivity contribution < 1.29 is 29.5 Å². The molecule has 0 saturated carbocycles. The fraction of sp³-hybridized carbons (Fsp3) is 0.294. The van der Waals surface area contributed by atoms with Gasteiger partial charge in [-0.15, -0.1) is 23.1 Å². The van der Waals surface area contributed by atoms with Crippen LogP contribution in [0.5, 0.6) is 0 Å². The maximum absolute atomic E-state index is 12.8. The molecule has 0 radical (unpaired) electrons. The first-order chi connectivity index (χ1) is 15.3. The number of thiazole rings is 1. The van der Waals surface area contributed by atoms with Gasteiger partial charge in [0.2, 0.25) is 0 Å². The number of carboxylic acids is 1. The molecule has 5 N–H and O–H groups in total. The normalized spacial score (nSPS) is 21.4. The van der Waals surface area contributed by atoms with Crippen molar-refractivity contribution in [3.63, 3.8) is 0 Å². The number of aliphatic carboxylic acids is 1. The molecular weight excluding hydrogens is 480 g/mol. The molecule has 12 nitrogen and oxygen atoms in total. The Morgan fingerprint density at radius 1 is 1.50 bits per heavy atom. The number of hydrogen-bond donors (Lipinski definition) is 4. The van der Waals surface area contributed by atoms with Crippen molar-refractivity contribution in [2.75, 3.05) is 18.6 Å². The molecule has 1 aromatic heterocycles. The Hall–Kier alpha value is -3.04. The average molecular weight is 499 g/mol. The topological polar surface area (TPSA) is 180 Å². The number of fused-ring (bicyclic) bond motifs is 1. The van der Waals surface area contributed by atoms with E-state index in [9.17, 15) is 19.5 Å². The van der Waals surface area contributed by atoms with Gasteiger partial charge in [-0.25, -0.2) is 9.78 Å². The summed E-state index contributed by atoms with van der Waals surface area (Å²) in [5.74, 6) is -2.19. The molecule has 2 aliphatic rings. The highest BCUT2D eigenvalue weighted by Gasteiger charge is 2.54. The predicted molar refractivity (Wildman–Crippen MR) is 121 cm³/mol. The van der Waals surface area contributed by atoms with Crippen LogP contribution in [0.15, 0.2) is 37.3 Å². The third kappa shape index (κ3) is 4.73. The first-order valence-electron chi connectivity index (χ1n) is 8.83. The molecule has 2 atom stereocenters. The Kier molecular flexibility index (Phi) is 7.42. The van der Waals surface area contributed by atoms with Crippen molar-refractivity contribution in [2.45, 2.75) is 18.3 Å². The standard InChI is InChI=1S/C17H18N6O6S3/c1-7(3-19-28)4-30-9-6-31-15-11(14(25)23(15)12(9)16(26)27)21-13(24)10(22-29-2)8-5-32-17(18)20-8/h3-5,11,15,28H,6H2,1-2H3,(H2,18,20)(H,21,24)(H,26,27)/b7-4?,19-3?,22-10-/t11?,15-/m1/s1. The summed E-state index contributed by atoms with van der Waals surface area (Å²) in [4.78, 5) is 47.7. The van der Waals surface area contributed by atoms with Crippen LogP contribution in [0.1, 0.15) is 12.6 Å². The molecule has 1 unspecified atom stereocenters. The minimum Gasteiger partial charge on any atom is -0.477 e. The van der Waals surface area contributed by atoms with Crippen LogP contribution in [0, 0.1) is 0 Å². The SMILES string of the molecule is CO/N=C(\C(=O)NC1C(=O)N2C(C(=O)O)=C(SC=C(C)C=NO)CS[C@H]12)c1csc(N)n1. The Balaban J connectivity index is 1.78. The molecule has 15 heteroatoms. The van der Waals surface area contributed by atoms with Gasteiger partial charge in [0.1, 0.15) is 29.9 Å². The lowest BCUT2D eigenvalue weighted by Gasteiger charge is -2.49. The van der Waals surface area contributed by atoms with E-state index in [0.717, 1.165) is 28.0 Å². The molecular formula is C17H18N6O6S3. The molecule has 3 heterocycles. The van der Waals surface area contributed by atoms with E-state index in [-0.39, 0.29) is 22.2 Å². The van der Waals surface area contributed by atoms with E-state index in [2.05, 4.69) is 20.6 Å². The van der Waals surface area contributed by atoms with Crippen LogP contribution in [0.3, 0.4) is 0 Å². The molecule has 1 aromatic rings. The van der Waals surface area contributed by atoms with Crippen molar-refractivity contribution >= 4 is 69.7 Å². The van der Waals surface area contributed by atoms with E-state index in [4.69, 9.17) is 15.8 Å². The number of aromatic nitrogens is 1. The van der Waals surface area contributed by atoms with Gasteiger partial charge in [0.15, 0.2) is 10.8 Å². The fourth-order valence-electron chi connectivity index (χ4n) is 2.87. The number of amides is 2. The number of nitrogen functional groups attached to an aromatic ring is 1. The third-order valence-corrected chi connectivity index (χ3v) is 7.48. The summed E-state index contributed by atoms with van der Waals surface area (Å²) < 4.78 is 0. The van der Waals surface area contributed by atoms with E-state index in [1.807, 2.05) is 0 Å². The molecule has 0 spiro atoms. The lowest BCUT2D eigenvalue weighted by Crippen LogP contribution is -2.71. The second-order valence-corrected chi connectivity index (χ2v) is 9.31. The summed E-state index contributed by atoms with van der Waals surface area (Å²) in [5.41, 5.74) is 6.12. The van der Waals surface area contributed by atoms with Gasteiger partial charge >= 0.3 is 5.97 Å². The maximum Gasteiger partial charge on any atom is 0.353 e. The Morgan fingerprint density at radius 2 is 2.25 bits per heavy atom. The van der Waals surface area contributed by atoms with E-state index in [1.165, 1.54) is 30.5 Å². The number of carbonyl (C=O) groups excluding carboxylic acids is 2. The van der Waals surface area contributed by atoms with Gasteiger partial charge < -0.3 is 26.2 Å². The van der Waals surface area contributed by atoms with Crippen LogP contribution in [0.2, 0.25) is 0 Å². The van der Waals surface area contributed by atoms with Gasteiger partial charge in [-0.3, -0.25) is 14.5 Å². The summed E-state index contributed by atoms with van der Waals surface area (Å²) in [6.45, 7) is 1.68. The molecule has 0 bridgehead atoms. The van der Waals surface area contributed by atoms with Crippen molar-refractivity contribution in [1.29, 1.82) is 0 Å². The molecule has 1 saturated heterocycles. The number of oxime groups is 2. The van der Waals surface area contributed by atoms with Crippen molar-refractivity contribution in [3.8, 4) is 0 Å². The quantitative estimate of drug-likeness (QED) is 0.174. The maximum atomic E-state index is 12.8. The van der Waals surface area contributed by atoms with Gasteiger partial charge in [-0.2, -0.15) is 0 Å². The van der Waals surface area contributed by atoms with Crippen molar-refractivity contribution in [3.05, 3.63) is 32.7 Å². The summed E-state index contributed by atoms with van der Waals surface area (Å²) in [7, 11) is 1.27. The van der Waals surface area contributed by atoms with E-state index < -0.39 is 29.2 Å². The lowest BCUT2D eigenvalue weighted by atomic mass is 10.0. The second-order valence-electron chi connectivity index (χ2n) is 6.36. The smallest absolute Gasteiger partial charge is 0.353 e. The highest BCUT2D eigenvalue weighted by Crippen LogP contribution is 2.43. The number of β-lactam (4-membered cyclic amide) rings is 1. The van der Waals surface area contributed by atoms with Gasteiger partial charge in [0.25, 0.3) is 11.8 Å². The number of carboxylic acid groups (broad SMARTS) is 1. The van der Waals surface area contributed by atoms with Crippen LogP contribution < -0.4 is 11.1 Å². The van der Waals surface area contributed by atoms with Crippen molar-refractivity contribution in [2.24, 2.45) is 10.3 Å². The van der Waals surface area contributed by atoms with E-state index in [1.54, 1.807) is 12.3 Å². The number of allylic oxidation sites excluding steroid dienone is 1. The summed E-state index contributed by atoms with van der Waals surface area (Å²) in [5, 5.41) is 30.2. The molecule has 32 heavy (non-hydrogen) atoms. The predicted octanol–water partition coefficient (Wildman–Crippen LogP) is 0.869. The number of carbonyl (C=O) groups is 3. The summed E-state index contributed by atoms with van der Waals surface area (Å²) >= 11 is 3.56. The Bertz CT molecular complexity index is 1060. The van der Waals surface area contributed by atoms with Gasteiger partial charge in [-0.1, -0.05) is 22.1 Å². The molecule has 0 aromatic carbocycles. The van der Waals surface area contributed by atoms with Gasteiger partial charge in [0.05, 0.1) is 6.21 Å². The Labute approximate surface area is 194 Å². The molecule has 2 aliphatic heterocycles. The highest BCUT2D eigenvalue weighted by molar-refractivity contribution is 8.08. The van der Waals surface area contributed by atoms with Crippen LogP contribution >= 0.6 is 34.9 Å². The zero-order valence-corrected chi connectivity index (χ0v) is 19.2. The second kappa shape index (κ2) is 10.1. The van der Waals surface area contributed by atoms with E-state index >= 15 is 0 Å². The lowest BCUT2D eigenvalue weighted by molar-refractivity contribution is -0.150. The monoisotopic (exact) mass is 498 g/mol. The third-order valence-electron chi connectivity index (χ3n) is 4.23. The minimum absolute atomic E-state index is 0.141. The number of hydrogen-bond acceptors (Lipinski definition) is 12. The number of nitrogens with one attached hydrogen (secondary N) is 1. The highest BCUT2D eigenvalue weighted by atomic mass is 32.2. The first-order valence-corrected chi connectivity index (χ1v) is 11.6. The summed E-state index contributed by atoms with van der Waals surface area (Å²) in [6, 6.07) is -0.940. The number of thioether (sulfide) groups is 2. The molecule has 0 aliphatic carbocycles. The van der Waals surface area contributed by atoms with Crippen molar-refractivity contribution in [1.82, 2.24) is 15.2 Å². The molecule has 2 amide bonds. The number of nitrogens with zero attached hydrogens (tertiary/aromatic N) is 4. The average Bonchev–Trinajstić information content (AvgIpc) is 3.19. The number of rotatable bonds is 8. The number of nitrogens with two attached hydrogens (primary N) is 1. The largest absolute Gasteiger partial charge is 0.477 e. The Morgan fingerprint density at radius 3 is 2.84 bits per heavy atom. The summed E-state index contributed by atoms with van der Waals surface area (Å²) in [6.07, 6.45) is 1.21. The van der Waals surface area contributed by atoms with Gasteiger partial charge in [-0.05, 0) is 17.9 Å². The fourth-order valence-corrected chi connectivity index (χ4v) is 5.77. The van der Waals surface area contributed by atoms with E-state index in [0.29, 0.717) is 16.2 Å².